The van der Waals surface area contributed by atoms with Crippen molar-refractivity contribution in [2.24, 2.45) is 16.2 Å². The molecule has 0 N–H and O–H groups in total. The number of nitrogens with zero attached hydrogens (tertiary/aromatic N) is 4. The molecule has 0 saturated heterocycles. The molecule has 0 atom stereocenters. The van der Waals surface area contributed by atoms with Gasteiger partial charge in [0.25, 0.3) is 0 Å². The molecule has 0 aromatic carbocycles. The first-order valence-electron chi connectivity index (χ1n) is 11.9. The van der Waals surface area contributed by atoms with Crippen LogP contribution in [0.3, 0.4) is 0 Å². The van der Waals surface area contributed by atoms with Crippen LogP contribution in [0.1, 0.15) is 86.8 Å². The van der Waals surface area contributed by atoms with Gasteiger partial charge >= 0.3 is 0 Å². The van der Waals surface area contributed by atoms with Gasteiger partial charge in [-0.25, -0.2) is 14.4 Å². The molecule has 4 nitrogen and oxygen atoms in total. The van der Waals surface area contributed by atoms with E-state index >= 15 is 0 Å². The molecule has 3 rings (SSSR count). The fraction of sp³-hybridized carbons (Fsp3) is 0.533. The maximum Gasteiger partial charge on any atom is 0.144 e. The van der Waals surface area contributed by atoms with Crippen LogP contribution in [0.15, 0.2) is 61.3 Å². The molecule has 3 aromatic rings. The average molecular weight is 483 g/mol. The quantitative estimate of drug-likeness (QED) is 0.378. The van der Waals surface area contributed by atoms with E-state index in [0.717, 1.165) is 30.7 Å². The average Bonchev–Trinajstić information content (AvgIpc) is 2.69. The van der Waals surface area contributed by atoms with E-state index in [9.17, 15) is 4.39 Å². The molecule has 0 amide bonds. The van der Waals surface area contributed by atoms with E-state index in [0.29, 0.717) is 5.41 Å². The first-order valence-corrected chi connectivity index (χ1v) is 11.9. The minimum absolute atomic E-state index is 0. The van der Waals surface area contributed by atoms with Gasteiger partial charge in [0.1, 0.15) is 11.6 Å². The van der Waals surface area contributed by atoms with Crippen LogP contribution in [0.5, 0.6) is 0 Å². The summed E-state index contributed by atoms with van der Waals surface area (Å²) in [5.74, 6) is 0.729. The Hall–Kier alpha value is -2.69. The van der Waals surface area contributed by atoms with Gasteiger partial charge in [-0.1, -0.05) is 75.8 Å². The van der Waals surface area contributed by atoms with Crippen molar-refractivity contribution in [1.82, 2.24) is 19.9 Å². The van der Waals surface area contributed by atoms with Crippen LogP contribution in [0, 0.1) is 22.1 Å². The lowest BCUT2D eigenvalue weighted by Gasteiger charge is -2.17. The molecule has 0 saturated carbocycles. The Kier molecular flexibility index (Phi) is 13.5. The number of hydrogen-bond acceptors (Lipinski definition) is 4. The van der Waals surface area contributed by atoms with Crippen LogP contribution in [0.4, 0.5) is 4.39 Å². The van der Waals surface area contributed by atoms with Crippen molar-refractivity contribution in [1.29, 1.82) is 0 Å². The minimum atomic E-state index is -0.201. The van der Waals surface area contributed by atoms with Gasteiger partial charge in [-0.05, 0) is 58.9 Å². The molecule has 0 radical (unpaired) electrons. The van der Waals surface area contributed by atoms with Crippen molar-refractivity contribution in [3.8, 4) is 0 Å². The second kappa shape index (κ2) is 14.7. The van der Waals surface area contributed by atoms with E-state index in [1.807, 2.05) is 24.4 Å². The van der Waals surface area contributed by atoms with Crippen molar-refractivity contribution in [3.05, 3.63) is 84.2 Å². The lowest BCUT2D eigenvalue weighted by Crippen LogP contribution is -2.11. The fourth-order valence-electron chi connectivity index (χ4n) is 3.06. The van der Waals surface area contributed by atoms with Crippen LogP contribution in [-0.2, 0) is 19.3 Å². The summed E-state index contributed by atoms with van der Waals surface area (Å²) in [6, 6.07) is 9.64. The highest BCUT2D eigenvalue weighted by Crippen LogP contribution is 2.21. The Morgan fingerprint density at radius 1 is 0.629 bits per heavy atom. The molecule has 0 bridgehead atoms. The smallest absolute Gasteiger partial charge is 0.144 e. The number of pyridine rings is 2. The zero-order chi connectivity index (χ0) is 25.8. The van der Waals surface area contributed by atoms with E-state index < -0.39 is 0 Å². The van der Waals surface area contributed by atoms with Gasteiger partial charge in [0, 0.05) is 36.9 Å². The Bertz CT molecular complexity index is 886. The highest BCUT2D eigenvalue weighted by Gasteiger charge is 2.14. The number of rotatable bonds is 3. The molecule has 194 valence electrons. The molecule has 0 spiro atoms. The Balaban J connectivity index is 0.000000489. The highest BCUT2D eigenvalue weighted by atomic mass is 19.1. The number of aromatic nitrogens is 4. The lowest BCUT2D eigenvalue weighted by molar-refractivity contribution is 0.400. The summed E-state index contributed by atoms with van der Waals surface area (Å²) in [6.45, 7) is 19.5. The van der Waals surface area contributed by atoms with Crippen molar-refractivity contribution in [3.63, 3.8) is 0 Å². The predicted octanol–water partition coefficient (Wildman–Crippen LogP) is 8.18. The third-order valence-corrected chi connectivity index (χ3v) is 4.32. The van der Waals surface area contributed by atoms with Crippen LogP contribution in [0.2, 0.25) is 0 Å². The molecule has 35 heavy (non-hydrogen) atoms. The summed E-state index contributed by atoms with van der Waals surface area (Å²) < 4.78 is 13.1. The van der Waals surface area contributed by atoms with Gasteiger partial charge in [-0.3, -0.25) is 9.97 Å². The summed E-state index contributed by atoms with van der Waals surface area (Å²) in [6.07, 6.45) is 11.1. The van der Waals surface area contributed by atoms with Crippen molar-refractivity contribution in [2.75, 3.05) is 0 Å². The van der Waals surface area contributed by atoms with Gasteiger partial charge in [-0.15, -0.1) is 0 Å². The van der Waals surface area contributed by atoms with E-state index in [1.54, 1.807) is 24.7 Å². The SMILES string of the molecule is C.CC(C)(C)Cc1ccccn1.CC(C)(C)Cc1ccncc1F.CC(C)(C)Cc1ncccn1. The maximum absolute atomic E-state index is 13.1. The summed E-state index contributed by atoms with van der Waals surface area (Å²) in [5.41, 5.74) is 2.68. The monoisotopic (exact) mass is 482 g/mol. The molecule has 3 heterocycles. The summed E-state index contributed by atoms with van der Waals surface area (Å²) >= 11 is 0. The van der Waals surface area contributed by atoms with Gasteiger partial charge in [0.15, 0.2) is 0 Å². The first kappa shape index (κ1) is 32.3. The number of hydrogen-bond donors (Lipinski definition) is 0. The Labute approximate surface area is 213 Å². The standard InChI is InChI=1S/C10H14FN.C10H15N.C9H14N2.CH4/c1-10(2,3)6-8-4-5-12-7-9(8)11;1-10(2,3)8-9-6-4-5-7-11-9;1-9(2,3)7-8-10-5-4-6-11-8;/h4-5,7H,6H2,1-3H3;4-7H,8H2,1-3H3;4-6H,7H2,1-3H3;1H4. The van der Waals surface area contributed by atoms with Crippen LogP contribution in [0.25, 0.3) is 0 Å². The molecular weight excluding hydrogens is 435 g/mol. The van der Waals surface area contributed by atoms with Crippen molar-refractivity contribution in [2.45, 2.75) is 89.0 Å². The molecule has 0 fully saturated rings. The molecule has 5 heteroatoms. The topological polar surface area (TPSA) is 51.6 Å². The van der Waals surface area contributed by atoms with Crippen molar-refractivity contribution >= 4 is 0 Å². The molecule has 3 aromatic heterocycles. The van der Waals surface area contributed by atoms with E-state index in [2.05, 4.69) is 88.3 Å². The van der Waals surface area contributed by atoms with Gasteiger partial charge < -0.3 is 0 Å². The molecule has 0 aliphatic carbocycles. The third-order valence-electron chi connectivity index (χ3n) is 4.32. The maximum atomic E-state index is 13.1. The number of halogens is 1. The van der Waals surface area contributed by atoms with Gasteiger partial charge in [0.05, 0.1) is 6.20 Å². The molecule has 0 unspecified atom stereocenters. The molecule has 0 aliphatic heterocycles. The predicted molar refractivity (Wildman–Crippen MR) is 147 cm³/mol. The van der Waals surface area contributed by atoms with E-state index in [-0.39, 0.29) is 24.1 Å². The third kappa shape index (κ3) is 17.4. The molecular formula is C30H47FN4. The molecule has 0 aliphatic rings. The van der Waals surface area contributed by atoms with E-state index in [4.69, 9.17) is 0 Å². The summed E-state index contributed by atoms with van der Waals surface area (Å²) in [4.78, 5) is 16.3. The van der Waals surface area contributed by atoms with Gasteiger partial charge in [0.2, 0.25) is 0 Å². The second-order valence-electron chi connectivity index (χ2n) is 12.2. The first-order chi connectivity index (χ1) is 15.6. The highest BCUT2D eigenvalue weighted by molar-refractivity contribution is 5.13. The fourth-order valence-corrected chi connectivity index (χ4v) is 3.06. The Morgan fingerprint density at radius 3 is 1.63 bits per heavy atom. The summed E-state index contributed by atoms with van der Waals surface area (Å²) in [5, 5.41) is 0. The van der Waals surface area contributed by atoms with E-state index in [1.165, 1.54) is 11.9 Å². The zero-order valence-corrected chi connectivity index (χ0v) is 22.6. The zero-order valence-electron chi connectivity index (χ0n) is 22.6. The van der Waals surface area contributed by atoms with Crippen LogP contribution in [-0.4, -0.2) is 19.9 Å². The second-order valence-corrected chi connectivity index (χ2v) is 12.2. The van der Waals surface area contributed by atoms with Gasteiger partial charge in [-0.2, -0.15) is 0 Å². The van der Waals surface area contributed by atoms with Crippen LogP contribution < -0.4 is 0 Å². The summed E-state index contributed by atoms with van der Waals surface area (Å²) in [7, 11) is 0. The lowest BCUT2D eigenvalue weighted by atomic mass is 9.88. The van der Waals surface area contributed by atoms with Crippen LogP contribution >= 0.6 is 0 Å². The van der Waals surface area contributed by atoms with Crippen molar-refractivity contribution < 1.29 is 4.39 Å². The minimum Gasteiger partial charge on any atom is -0.262 e. The Morgan fingerprint density at radius 2 is 1.17 bits per heavy atom. The largest absolute Gasteiger partial charge is 0.262 e. The normalized spacial score (nSPS) is 11.3.